The zero-order valence-corrected chi connectivity index (χ0v) is 22.3. The first-order chi connectivity index (χ1) is 12.3. The molecule has 0 amide bonds. The molecule has 3 heteroatoms. The molecule has 0 fully saturated rings. The second-order valence-electron chi connectivity index (χ2n) is 9.98. The summed E-state index contributed by atoms with van der Waals surface area (Å²) in [6.07, 6.45) is 0. The van der Waals surface area contributed by atoms with Crippen LogP contribution in [0.1, 0.15) is 73.4 Å². The van der Waals surface area contributed by atoms with Gasteiger partial charge in [-0.05, 0) is 0 Å². The molecular weight excluding hydrogens is 380 g/mol. The van der Waals surface area contributed by atoms with Crippen LogP contribution < -0.4 is 3.32 Å². The number of hydrogen-bond donors (Lipinski definition) is 0. The molecule has 150 valence electrons. The molecule has 0 bridgehead atoms. The molecule has 0 radical (unpaired) electrons. The van der Waals surface area contributed by atoms with Crippen molar-refractivity contribution in [3.63, 3.8) is 0 Å². The summed E-state index contributed by atoms with van der Waals surface area (Å²) < 4.78 is 11.2. The Morgan fingerprint density at radius 1 is 0.963 bits per heavy atom. The van der Waals surface area contributed by atoms with Crippen molar-refractivity contribution in [2.24, 2.45) is 5.92 Å². The van der Waals surface area contributed by atoms with Gasteiger partial charge >= 0.3 is 171 Å². The minimum atomic E-state index is -3.35. The molecule has 1 aromatic carbocycles. The maximum atomic E-state index is 7.25. The van der Waals surface area contributed by atoms with Gasteiger partial charge in [-0.1, -0.05) is 0 Å². The number of rotatable bonds is 5. The summed E-state index contributed by atoms with van der Waals surface area (Å²) in [6.45, 7) is 23.1. The Labute approximate surface area is 170 Å². The molecule has 1 atom stereocenters. The van der Waals surface area contributed by atoms with E-state index in [1.54, 1.807) is 3.88 Å². The minimum absolute atomic E-state index is 0.131. The van der Waals surface area contributed by atoms with Crippen LogP contribution in [-0.4, -0.2) is 7.63 Å². The van der Waals surface area contributed by atoms with Gasteiger partial charge in [0.2, 0.25) is 0 Å². The van der Waals surface area contributed by atoms with Gasteiger partial charge in [-0.2, -0.15) is 0 Å². The average Bonchev–Trinajstić information content (AvgIpc) is 2.77. The van der Waals surface area contributed by atoms with E-state index < -0.39 is 14.4 Å². The quantitative estimate of drug-likeness (QED) is 0.468. The van der Waals surface area contributed by atoms with Gasteiger partial charge in [0.15, 0.2) is 0 Å². The van der Waals surface area contributed by atoms with E-state index >= 15 is 0 Å². The van der Waals surface area contributed by atoms with Gasteiger partial charge in [0.25, 0.3) is 0 Å². The molecule has 0 heterocycles. The summed E-state index contributed by atoms with van der Waals surface area (Å²) in [5.74, 6) is 1.61. The van der Waals surface area contributed by atoms with Crippen LogP contribution in [0, 0.1) is 12.8 Å². The van der Waals surface area contributed by atoms with Gasteiger partial charge in [-0.3, -0.25) is 0 Å². The van der Waals surface area contributed by atoms with Gasteiger partial charge in [0, 0.05) is 0 Å². The molecule has 0 saturated heterocycles. The first kappa shape index (κ1) is 22.7. The van der Waals surface area contributed by atoms with E-state index in [2.05, 4.69) is 95.1 Å². The van der Waals surface area contributed by atoms with E-state index in [-0.39, 0.29) is 5.41 Å². The second-order valence-corrected chi connectivity index (χ2v) is 25.8. The SMILES string of the molecule is C[CH2][Ti](=[SiH2])([CH2]C)([O]c1cc(C)cc(C(C)(C)C)c1)[C]1=C(C)C(C)=C(C)C1C. The molecule has 1 aromatic rings. The molecule has 1 nitrogen and oxygen atoms in total. The van der Waals surface area contributed by atoms with Crippen LogP contribution in [0.3, 0.4) is 0 Å². The Kier molecular flexibility index (Phi) is 6.19. The van der Waals surface area contributed by atoms with Gasteiger partial charge < -0.3 is 0 Å². The summed E-state index contributed by atoms with van der Waals surface area (Å²) in [4.78, 5) is 0. The van der Waals surface area contributed by atoms with Crippen LogP contribution in [0.15, 0.2) is 38.8 Å². The average molecular weight is 421 g/mol. The van der Waals surface area contributed by atoms with Crippen molar-refractivity contribution in [1.29, 1.82) is 0 Å². The van der Waals surface area contributed by atoms with Crippen molar-refractivity contribution in [3.8, 4) is 5.75 Å². The third kappa shape index (κ3) is 3.95. The standard InChI is InChI=1S/C11H16O.C9H13.2C2H5.H2Si.Ti/c1-8-5-9(11(2,3)4)7-10(12)6-8;1-6-5-7(2)9(4)8(6)3;2*1-2;;/h5-7,12H,1-4H3;6H,1-4H3;2*1H2,2H3;1H2;/q;;;;;+1/p-1. The molecule has 0 N–H and O–H groups in total. The van der Waals surface area contributed by atoms with Gasteiger partial charge in [0.05, 0.1) is 0 Å². The Bertz CT molecular complexity index is 872. The van der Waals surface area contributed by atoms with Gasteiger partial charge in [-0.25, -0.2) is 0 Å². The van der Waals surface area contributed by atoms with E-state index in [0.29, 0.717) is 5.92 Å². The number of hydrogen-bond acceptors (Lipinski definition) is 1. The zero-order chi connectivity index (χ0) is 20.8. The van der Waals surface area contributed by atoms with Gasteiger partial charge in [0.1, 0.15) is 0 Å². The number of benzene rings is 1. The monoisotopic (exact) mass is 420 g/mol. The second kappa shape index (κ2) is 7.35. The van der Waals surface area contributed by atoms with Crippen LogP contribution >= 0.6 is 0 Å². The Morgan fingerprint density at radius 2 is 1.52 bits per heavy atom. The van der Waals surface area contributed by atoms with Crippen LogP contribution in [-0.2, 0) is 19.8 Å². The summed E-state index contributed by atoms with van der Waals surface area (Å²) in [6, 6.07) is 6.86. The maximum absolute atomic E-state index is 7.25. The first-order valence-corrected chi connectivity index (χ1v) is 18.2. The van der Waals surface area contributed by atoms with E-state index in [4.69, 9.17) is 3.32 Å². The number of allylic oxidation sites excluding steroid dienone is 4. The number of aryl methyl sites for hydroxylation is 1. The molecule has 0 aromatic heterocycles. The van der Waals surface area contributed by atoms with Crippen LogP contribution in [0.4, 0.5) is 0 Å². The van der Waals surface area contributed by atoms with E-state index in [1.807, 2.05) is 0 Å². The topological polar surface area (TPSA) is 9.23 Å². The third-order valence-electron chi connectivity index (χ3n) is 7.27. The zero-order valence-electron chi connectivity index (χ0n) is 19.3. The van der Waals surface area contributed by atoms with E-state index in [9.17, 15) is 0 Å². The van der Waals surface area contributed by atoms with Gasteiger partial charge in [-0.15, -0.1) is 0 Å². The summed E-state index contributed by atoms with van der Waals surface area (Å²) in [7, 11) is 2.25. The van der Waals surface area contributed by atoms with Crippen LogP contribution in [0.25, 0.3) is 0 Å². The fraction of sp³-hybridized carbons (Fsp3) is 0.583. The normalized spacial score (nSPS) is 19.1. The first-order valence-electron chi connectivity index (χ1n) is 10.5. The summed E-state index contributed by atoms with van der Waals surface area (Å²) in [5, 5.41) is 0. The molecule has 1 aliphatic carbocycles. The van der Waals surface area contributed by atoms with Crippen molar-refractivity contribution < 1.29 is 17.7 Å². The van der Waals surface area contributed by atoms with Crippen molar-refractivity contribution in [2.45, 2.75) is 84.1 Å². The van der Waals surface area contributed by atoms with Crippen molar-refractivity contribution in [1.82, 2.24) is 0 Å². The molecular formula is C24H40OSiTi. The molecule has 0 aliphatic heterocycles. The predicted octanol–water partition coefficient (Wildman–Crippen LogP) is 6.96. The molecule has 1 aliphatic rings. The molecule has 0 spiro atoms. The fourth-order valence-electron chi connectivity index (χ4n) is 4.76. The molecule has 1 unspecified atom stereocenters. The molecule has 27 heavy (non-hydrogen) atoms. The summed E-state index contributed by atoms with van der Waals surface area (Å²) in [5.41, 5.74) is 7.33. The Morgan fingerprint density at radius 3 is 1.93 bits per heavy atom. The molecule has 2 rings (SSSR count). The Balaban J connectivity index is 2.66. The molecule has 0 saturated carbocycles. The predicted molar refractivity (Wildman–Crippen MR) is 120 cm³/mol. The van der Waals surface area contributed by atoms with Crippen molar-refractivity contribution in [2.75, 3.05) is 0 Å². The van der Waals surface area contributed by atoms with Crippen LogP contribution in [0.2, 0.25) is 9.45 Å². The van der Waals surface area contributed by atoms with Crippen molar-refractivity contribution >= 4 is 7.63 Å². The van der Waals surface area contributed by atoms with E-state index in [1.165, 1.54) is 27.8 Å². The summed E-state index contributed by atoms with van der Waals surface area (Å²) >= 11 is -3.35. The fourth-order valence-corrected chi connectivity index (χ4v) is 15.4. The third-order valence-corrected chi connectivity index (χ3v) is 23.3. The van der Waals surface area contributed by atoms with Crippen LogP contribution in [0.5, 0.6) is 5.75 Å². The van der Waals surface area contributed by atoms with E-state index in [0.717, 1.165) is 15.2 Å². The van der Waals surface area contributed by atoms with Crippen molar-refractivity contribution in [3.05, 3.63) is 49.9 Å². The Hall–Kier alpha value is -0.569.